The van der Waals surface area contributed by atoms with Gasteiger partial charge in [0.2, 0.25) is 23.1 Å². The van der Waals surface area contributed by atoms with E-state index >= 15 is 0 Å². The van der Waals surface area contributed by atoms with Crippen LogP contribution in [0.2, 0.25) is 0 Å². The molecule has 0 amide bonds. The maximum absolute atomic E-state index is 14.6. The number of hydrogen-bond acceptors (Lipinski definition) is 10. The van der Waals surface area contributed by atoms with E-state index in [2.05, 4.69) is 0 Å². The number of ketones is 4. The number of Topliss-reactive ketones (excluding diaryl/α,β-unsaturated/α-hetero) is 4. The van der Waals surface area contributed by atoms with Crippen LogP contribution in [-0.4, -0.2) is 35.0 Å². The van der Waals surface area contributed by atoms with Gasteiger partial charge in [-0.15, -0.1) is 68.0 Å². The fraction of sp³-hybridized carbons (Fsp3) is 0.0667. The van der Waals surface area contributed by atoms with E-state index in [1.54, 1.807) is 59.3 Å². The van der Waals surface area contributed by atoms with E-state index in [1.807, 2.05) is 0 Å². The lowest BCUT2D eigenvalue weighted by Crippen LogP contribution is -2.30. The average Bonchev–Trinajstić information content (AvgIpc) is 3.83. The summed E-state index contributed by atoms with van der Waals surface area (Å²) in [6.45, 7) is 0. The monoisotopic (exact) mass is 702 g/mol. The van der Waals surface area contributed by atoms with Crippen LogP contribution in [0, 0.1) is 0 Å². The van der Waals surface area contributed by atoms with Gasteiger partial charge in [0.15, 0.2) is 0 Å². The molecule has 0 saturated heterocycles. The Labute approximate surface area is 268 Å². The molecule has 0 radical (unpaired) electrons. The zero-order valence-electron chi connectivity index (χ0n) is 21.4. The molecule has 0 spiro atoms. The summed E-state index contributed by atoms with van der Waals surface area (Å²) < 4.78 is 58.5. The maximum Gasteiger partial charge on any atom is 0.371 e. The molecular weight excluding hydrogens is 693 g/mol. The van der Waals surface area contributed by atoms with Crippen molar-refractivity contribution in [2.24, 2.45) is 0 Å². The summed E-state index contributed by atoms with van der Waals surface area (Å²) in [5.74, 6) is -14.3. The first kappa shape index (κ1) is 28.1. The Bertz CT molecular complexity index is 2050. The molecular formula is C30H10F4O4S6. The summed E-state index contributed by atoms with van der Waals surface area (Å²) in [6.07, 6.45) is 0. The van der Waals surface area contributed by atoms with Gasteiger partial charge in [-0.05, 0) is 47.2 Å². The van der Waals surface area contributed by atoms with E-state index in [4.69, 9.17) is 0 Å². The van der Waals surface area contributed by atoms with Gasteiger partial charge in [0.05, 0.1) is 41.8 Å². The van der Waals surface area contributed by atoms with Crippen LogP contribution >= 0.6 is 68.0 Å². The number of carbonyl (C=O) groups is 4. The minimum atomic E-state index is -4.12. The number of rotatable bonds is 5. The Balaban J connectivity index is 1.21. The quantitative estimate of drug-likeness (QED) is 0.132. The molecule has 0 N–H and O–H groups in total. The predicted molar refractivity (Wildman–Crippen MR) is 168 cm³/mol. The van der Waals surface area contributed by atoms with Gasteiger partial charge in [0, 0.05) is 29.3 Å². The van der Waals surface area contributed by atoms with Crippen LogP contribution in [0.4, 0.5) is 17.6 Å². The molecule has 0 aromatic carbocycles. The number of thiophene rings is 6. The molecule has 2 aliphatic rings. The van der Waals surface area contributed by atoms with Crippen molar-refractivity contribution in [3.05, 3.63) is 81.5 Å². The van der Waals surface area contributed by atoms with Gasteiger partial charge in [-0.3, -0.25) is 19.2 Å². The third-order valence-electron chi connectivity index (χ3n) is 7.26. The highest BCUT2D eigenvalue weighted by Gasteiger charge is 2.59. The molecule has 14 heteroatoms. The van der Waals surface area contributed by atoms with Crippen molar-refractivity contribution in [1.82, 2.24) is 0 Å². The zero-order chi connectivity index (χ0) is 30.7. The Kier molecular flexibility index (Phi) is 6.10. The van der Waals surface area contributed by atoms with Gasteiger partial charge in [-0.25, -0.2) is 0 Å². The fourth-order valence-corrected chi connectivity index (χ4v) is 11.9. The van der Waals surface area contributed by atoms with E-state index in [1.165, 1.54) is 45.3 Å². The summed E-state index contributed by atoms with van der Waals surface area (Å²) in [4.78, 5) is 55.7. The van der Waals surface area contributed by atoms with E-state index in [0.29, 0.717) is 39.0 Å². The van der Waals surface area contributed by atoms with Crippen molar-refractivity contribution in [3.63, 3.8) is 0 Å². The number of fused-ring (bicyclic) bond motifs is 2. The topological polar surface area (TPSA) is 68.3 Å². The van der Waals surface area contributed by atoms with Crippen LogP contribution < -0.4 is 0 Å². The minimum absolute atomic E-state index is 0.250. The van der Waals surface area contributed by atoms with Gasteiger partial charge < -0.3 is 0 Å². The Hall–Kier alpha value is -3.40. The van der Waals surface area contributed by atoms with E-state index < -0.39 is 35.0 Å². The van der Waals surface area contributed by atoms with Crippen LogP contribution in [0.1, 0.15) is 41.4 Å². The van der Waals surface area contributed by atoms with E-state index in [0.717, 1.165) is 22.7 Å². The van der Waals surface area contributed by atoms with Crippen LogP contribution in [-0.2, 0) is 0 Å². The molecule has 0 bridgehead atoms. The highest BCUT2D eigenvalue weighted by molar-refractivity contribution is 7.31. The van der Waals surface area contributed by atoms with Gasteiger partial charge in [-0.1, -0.05) is 12.1 Å². The van der Waals surface area contributed by atoms with Crippen molar-refractivity contribution in [2.75, 3.05) is 0 Å². The number of alkyl halides is 4. The zero-order valence-corrected chi connectivity index (χ0v) is 26.3. The van der Waals surface area contributed by atoms with Gasteiger partial charge in [-0.2, -0.15) is 17.6 Å². The van der Waals surface area contributed by atoms with E-state index in [-0.39, 0.29) is 32.0 Å². The molecule has 44 heavy (non-hydrogen) atoms. The van der Waals surface area contributed by atoms with Crippen molar-refractivity contribution in [3.8, 4) is 48.8 Å². The van der Waals surface area contributed by atoms with Crippen molar-refractivity contribution >= 4 is 91.2 Å². The molecule has 0 aliphatic heterocycles. The minimum Gasteiger partial charge on any atom is -0.287 e. The molecule has 6 aromatic rings. The second kappa shape index (κ2) is 9.55. The summed E-state index contributed by atoms with van der Waals surface area (Å²) in [7, 11) is 0. The largest absolute Gasteiger partial charge is 0.371 e. The average molecular weight is 703 g/mol. The number of hydrogen-bond donors (Lipinski definition) is 0. The van der Waals surface area contributed by atoms with Gasteiger partial charge >= 0.3 is 11.8 Å². The van der Waals surface area contributed by atoms with Crippen LogP contribution in [0.5, 0.6) is 0 Å². The second-order valence-electron chi connectivity index (χ2n) is 9.77. The normalized spacial score (nSPS) is 16.7. The second-order valence-corrected chi connectivity index (χ2v) is 15.9. The Morgan fingerprint density at radius 3 is 1.05 bits per heavy atom. The molecule has 0 fully saturated rings. The smallest absolute Gasteiger partial charge is 0.287 e. The molecule has 0 saturated carbocycles. The molecule has 6 heterocycles. The number of halogens is 4. The molecule has 6 aromatic heterocycles. The predicted octanol–water partition coefficient (Wildman–Crippen LogP) is 10.4. The first-order chi connectivity index (χ1) is 21.0. The van der Waals surface area contributed by atoms with Crippen molar-refractivity contribution in [1.29, 1.82) is 0 Å². The first-order valence-corrected chi connectivity index (χ1v) is 17.6. The lowest BCUT2D eigenvalue weighted by Gasteiger charge is -2.05. The van der Waals surface area contributed by atoms with Crippen molar-refractivity contribution in [2.45, 2.75) is 11.8 Å². The standard InChI is InChI=1S/C30H10F4O4S6/c31-29(32)25(35)17-19(27(29)37)23(43-21(17)13-3-1-9-39-13)15-7-5-11(41-15)12-6-8-16(42-12)24-20-18(26(36)30(33,34)28(20)38)22(44-24)14-4-2-10-40-14/h1-10H. The van der Waals surface area contributed by atoms with Crippen molar-refractivity contribution < 1.29 is 36.7 Å². The summed E-state index contributed by atoms with van der Waals surface area (Å²) in [5.41, 5.74) is -1.04. The Morgan fingerprint density at radius 2 is 0.727 bits per heavy atom. The first-order valence-electron chi connectivity index (χ1n) is 12.6. The maximum atomic E-state index is 14.6. The SMILES string of the molecule is O=C1c2c(-c3cccs3)sc(-c3ccc(-c4ccc(-c5sc(-c6cccs6)c6c5C(=O)C(F)(F)C6=O)s4)s3)c2C(=O)C1(F)F. The fourth-order valence-electron chi connectivity index (χ4n) is 5.26. The molecule has 8 rings (SSSR count). The Morgan fingerprint density at radius 1 is 0.409 bits per heavy atom. The van der Waals surface area contributed by atoms with Crippen LogP contribution in [0.25, 0.3) is 48.8 Å². The molecule has 218 valence electrons. The highest BCUT2D eigenvalue weighted by Crippen LogP contribution is 2.55. The van der Waals surface area contributed by atoms with Gasteiger partial charge in [0.1, 0.15) is 0 Å². The highest BCUT2D eigenvalue weighted by atomic mass is 32.1. The number of carbonyl (C=O) groups excluding carboxylic acids is 4. The molecule has 0 unspecified atom stereocenters. The third-order valence-corrected chi connectivity index (χ3v) is 14.5. The third kappa shape index (κ3) is 3.75. The summed E-state index contributed by atoms with van der Waals surface area (Å²) in [6, 6.07) is 13.8. The van der Waals surface area contributed by atoms with Crippen LogP contribution in [0.15, 0.2) is 59.3 Å². The summed E-state index contributed by atoms with van der Waals surface area (Å²) >= 11 is 7.28. The van der Waals surface area contributed by atoms with Crippen LogP contribution in [0.3, 0.4) is 0 Å². The molecule has 2 aliphatic carbocycles. The van der Waals surface area contributed by atoms with E-state index in [9.17, 15) is 36.7 Å². The van der Waals surface area contributed by atoms with Gasteiger partial charge in [0.25, 0.3) is 0 Å². The molecule has 0 atom stereocenters. The summed E-state index contributed by atoms with van der Waals surface area (Å²) in [5, 5.41) is 3.52. The lowest BCUT2D eigenvalue weighted by molar-refractivity contribution is 0.0186. The lowest BCUT2D eigenvalue weighted by atomic mass is 10.1. The molecule has 4 nitrogen and oxygen atoms in total.